The van der Waals surface area contributed by atoms with E-state index in [0.717, 1.165) is 5.75 Å². The monoisotopic (exact) mass is 237 g/mol. The molecule has 0 radical (unpaired) electrons. The normalized spacial score (nSPS) is 19.5. The SMILES string of the molecule is O=C(NC1CCSC1=O)Oc1ccccc1. The summed E-state index contributed by atoms with van der Waals surface area (Å²) in [4.78, 5) is 22.7. The molecule has 0 aliphatic carbocycles. The minimum absolute atomic E-state index is 0.00464. The zero-order valence-electron chi connectivity index (χ0n) is 8.51. The number of carbonyl (C=O) groups excluding carboxylic acids is 2. The highest BCUT2D eigenvalue weighted by atomic mass is 32.2. The minimum Gasteiger partial charge on any atom is -0.410 e. The Morgan fingerprint density at radius 1 is 1.38 bits per heavy atom. The zero-order chi connectivity index (χ0) is 11.4. The molecule has 1 heterocycles. The molecule has 1 aliphatic rings. The molecular weight excluding hydrogens is 226 g/mol. The Labute approximate surface area is 97.4 Å². The van der Waals surface area contributed by atoms with Gasteiger partial charge < -0.3 is 10.1 Å². The number of carbonyl (C=O) groups is 2. The smallest absolute Gasteiger partial charge is 0.410 e. The maximum Gasteiger partial charge on any atom is 0.413 e. The molecule has 1 unspecified atom stereocenters. The van der Waals surface area contributed by atoms with Crippen molar-refractivity contribution in [2.75, 3.05) is 5.75 Å². The largest absolute Gasteiger partial charge is 0.413 e. The van der Waals surface area contributed by atoms with Crippen molar-refractivity contribution < 1.29 is 14.3 Å². The highest BCUT2D eigenvalue weighted by Crippen LogP contribution is 2.19. The van der Waals surface area contributed by atoms with Gasteiger partial charge in [0.15, 0.2) is 0 Å². The van der Waals surface area contributed by atoms with Gasteiger partial charge in [0.05, 0.1) is 0 Å². The van der Waals surface area contributed by atoms with Crippen LogP contribution in [0, 0.1) is 0 Å². The molecule has 1 atom stereocenters. The predicted octanol–water partition coefficient (Wildman–Crippen LogP) is 1.81. The average molecular weight is 237 g/mol. The summed E-state index contributed by atoms with van der Waals surface area (Å²) >= 11 is 1.24. The van der Waals surface area contributed by atoms with Gasteiger partial charge >= 0.3 is 6.09 Å². The van der Waals surface area contributed by atoms with Gasteiger partial charge in [0.25, 0.3) is 0 Å². The summed E-state index contributed by atoms with van der Waals surface area (Å²) in [5.41, 5.74) is 0. The van der Waals surface area contributed by atoms with Gasteiger partial charge in [-0.25, -0.2) is 4.79 Å². The molecule has 1 aromatic carbocycles. The first-order valence-corrected chi connectivity index (χ1v) is 5.94. The molecule has 84 valence electrons. The van der Waals surface area contributed by atoms with Crippen molar-refractivity contribution in [1.29, 1.82) is 0 Å². The Balaban J connectivity index is 1.87. The zero-order valence-corrected chi connectivity index (χ0v) is 9.33. The fourth-order valence-corrected chi connectivity index (χ4v) is 2.33. The number of para-hydroxylation sites is 1. The first kappa shape index (κ1) is 11.0. The summed E-state index contributed by atoms with van der Waals surface area (Å²) < 4.78 is 5.01. The first-order valence-electron chi connectivity index (χ1n) is 4.96. The summed E-state index contributed by atoms with van der Waals surface area (Å²) in [6.45, 7) is 0. The van der Waals surface area contributed by atoms with Crippen LogP contribution in [0.4, 0.5) is 4.79 Å². The van der Waals surface area contributed by atoms with Crippen LogP contribution in [-0.4, -0.2) is 23.0 Å². The quantitative estimate of drug-likeness (QED) is 0.852. The molecular formula is C11H11NO3S. The van der Waals surface area contributed by atoms with E-state index in [9.17, 15) is 9.59 Å². The third-order valence-corrected chi connectivity index (χ3v) is 3.19. The topological polar surface area (TPSA) is 55.4 Å². The lowest BCUT2D eigenvalue weighted by atomic mass is 10.2. The van der Waals surface area contributed by atoms with Gasteiger partial charge in [-0.2, -0.15) is 0 Å². The van der Waals surface area contributed by atoms with Crippen LogP contribution in [-0.2, 0) is 4.79 Å². The number of nitrogens with one attached hydrogen (secondary N) is 1. The molecule has 0 spiro atoms. The van der Waals surface area contributed by atoms with E-state index >= 15 is 0 Å². The molecule has 1 amide bonds. The lowest BCUT2D eigenvalue weighted by Gasteiger charge is -2.10. The average Bonchev–Trinajstić information content (AvgIpc) is 2.66. The molecule has 5 heteroatoms. The molecule has 16 heavy (non-hydrogen) atoms. The van der Waals surface area contributed by atoms with Crippen LogP contribution in [0.25, 0.3) is 0 Å². The summed E-state index contributed by atoms with van der Waals surface area (Å²) in [6.07, 6.45) is 0.0972. The Bertz CT molecular complexity index is 393. The molecule has 1 aromatic rings. The van der Waals surface area contributed by atoms with E-state index in [1.807, 2.05) is 6.07 Å². The minimum atomic E-state index is -0.577. The van der Waals surface area contributed by atoms with Crippen LogP contribution in [0.2, 0.25) is 0 Å². The van der Waals surface area contributed by atoms with Gasteiger partial charge in [-0.05, 0) is 18.6 Å². The number of hydrogen-bond donors (Lipinski definition) is 1. The summed E-state index contributed by atoms with van der Waals surface area (Å²) in [5.74, 6) is 1.23. The van der Waals surface area contributed by atoms with Crippen LogP contribution < -0.4 is 10.1 Å². The lowest BCUT2D eigenvalue weighted by Crippen LogP contribution is -2.38. The number of hydrogen-bond acceptors (Lipinski definition) is 4. The van der Waals surface area contributed by atoms with Crippen LogP contribution in [0.5, 0.6) is 5.75 Å². The van der Waals surface area contributed by atoms with Crippen LogP contribution in [0.1, 0.15) is 6.42 Å². The molecule has 0 saturated carbocycles. The van der Waals surface area contributed by atoms with Crippen molar-refractivity contribution in [2.45, 2.75) is 12.5 Å². The highest BCUT2D eigenvalue weighted by Gasteiger charge is 2.27. The van der Waals surface area contributed by atoms with E-state index in [2.05, 4.69) is 5.32 Å². The maximum atomic E-state index is 11.4. The standard InChI is InChI=1S/C11H11NO3S/c13-10-9(6-7-16-10)12-11(14)15-8-4-2-1-3-5-8/h1-5,9H,6-7H2,(H,12,14). The first-order chi connectivity index (χ1) is 7.75. The van der Waals surface area contributed by atoms with E-state index in [4.69, 9.17) is 4.74 Å². The molecule has 0 bridgehead atoms. The van der Waals surface area contributed by atoms with E-state index in [1.165, 1.54) is 11.8 Å². The highest BCUT2D eigenvalue weighted by molar-refractivity contribution is 8.14. The van der Waals surface area contributed by atoms with Crippen molar-refractivity contribution in [3.8, 4) is 5.75 Å². The number of benzene rings is 1. The second kappa shape index (κ2) is 5.03. The summed E-state index contributed by atoms with van der Waals surface area (Å²) in [7, 11) is 0. The van der Waals surface area contributed by atoms with Gasteiger partial charge in [0.1, 0.15) is 11.8 Å². The van der Waals surface area contributed by atoms with Crippen molar-refractivity contribution in [3.63, 3.8) is 0 Å². The Hall–Kier alpha value is -1.49. The third kappa shape index (κ3) is 2.76. The molecule has 2 rings (SSSR count). The molecule has 1 saturated heterocycles. The number of thioether (sulfide) groups is 1. The fraction of sp³-hybridized carbons (Fsp3) is 0.273. The molecule has 0 aromatic heterocycles. The molecule has 1 fully saturated rings. The Kier molecular flexibility index (Phi) is 3.46. The summed E-state index contributed by atoms with van der Waals surface area (Å²) in [5, 5.41) is 2.55. The Morgan fingerprint density at radius 2 is 2.12 bits per heavy atom. The van der Waals surface area contributed by atoms with Crippen molar-refractivity contribution in [2.24, 2.45) is 0 Å². The van der Waals surface area contributed by atoms with Crippen LogP contribution >= 0.6 is 11.8 Å². The predicted molar refractivity (Wildman–Crippen MR) is 61.5 cm³/mol. The molecule has 4 nitrogen and oxygen atoms in total. The van der Waals surface area contributed by atoms with Crippen LogP contribution in [0.3, 0.4) is 0 Å². The van der Waals surface area contributed by atoms with Gasteiger partial charge in [-0.3, -0.25) is 4.79 Å². The van der Waals surface area contributed by atoms with Crippen molar-refractivity contribution >= 4 is 23.0 Å². The summed E-state index contributed by atoms with van der Waals surface area (Å²) in [6, 6.07) is 8.36. The van der Waals surface area contributed by atoms with Crippen LogP contribution in [0.15, 0.2) is 30.3 Å². The number of amides is 1. The van der Waals surface area contributed by atoms with E-state index < -0.39 is 12.1 Å². The van der Waals surface area contributed by atoms with Gasteiger partial charge in [0.2, 0.25) is 5.12 Å². The third-order valence-electron chi connectivity index (χ3n) is 2.18. The van der Waals surface area contributed by atoms with E-state index in [0.29, 0.717) is 12.2 Å². The van der Waals surface area contributed by atoms with E-state index in [1.54, 1.807) is 24.3 Å². The van der Waals surface area contributed by atoms with Gasteiger partial charge in [-0.15, -0.1) is 0 Å². The van der Waals surface area contributed by atoms with Gasteiger partial charge in [0, 0.05) is 5.75 Å². The Morgan fingerprint density at radius 3 is 2.75 bits per heavy atom. The lowest BCUT2D eigenvalue weighted by molar-refractivity contribution is -0.112. The molecule has 1 aliphatic heterocycles. The van der Waals surface area contributed by atoms with E-state index in [-0.39, 0.29) is 5.12 Å². The fourth-order valence-electron chi connectivity index (χ4n) is 1.39. The second-order valence-corrected chi connectivity index (χ2v) is 4.45. The van der Waals surface area contributed by atoms with Crippen molar-refractivity contribution in [1.82, 2.24) is 5.32 Å². The van der Waals surface area contributed by atoms with Crippen molar-refractivity contribution in [3.05, 3.63) is 30.3 Å². The molecule has 1 N–H and O–H groups in total. The number of rotatable bonds is 2. The maximum absolute atomic E-state index is 11.4. The number of ether oxygens (including phenoxy) is 1. The second-order valence-electron chi connectivity index (χ2n) is 3.36. The van der Waals surface area contributed by atoms with Gasteiger partial charge in [-0.1, -0.05) is 30.0 Å².